The van der Waals surface area contributed by atoms with Crippen LogP contribution in [-0.4, -0.2) is 16.0 Å². The first kappa shape index (κ1) is 18.7. The van der Waals surface area contributed by atoms with E-state index < -0.39 is 5.91 Å². The molecule has 144 valence electrons. The average molecular weight is 402 g/mol. The van der Waals surface area contributed by atoms with Crippen LogP contribution in [0.1, 0.15) is 15.2 Å². The average Bonchev–Trinajstić information content (AvgIpc) is 3.16. The number of ether oxygens (including phenoxy) is 1. The van der Waals surface area contributed by atoms with Gasteiger partial charge >= 0.3 is 0 Å². The molecule has 0 aliphatic rings. The van der Waals surface area contributed by atoms with E-state index in [2.05, 4.69) is 10.3 Å². The number of hydrogen-bond donors (Lipinski definition) is 2. The number of thiazole rings is 1. The van der Waals surface area contributed by atoms with Gasteiger partial charge in [-0.3, -0.25) is 4.79 Å². The summed E-state index contributed by atoms with van der Waals surface area (Å²) in [5.41, 5.74) is 2.54. The van der Waals surface area contributed by atoms with Crippen LogP contribution in [0.2, 0.25) is 0 Å². The summed E-state index contributed by atoms with van der Waals surface area (Å²) in [6, 6.07) is 26.4. The molecule has 1 aromatic heterocycles. The lowest BCUT2D eigenvalue weighted by molar-refractivity contribution is 0.102. The SMILES string of the molecule is O=C(Nc1ccc(OCc2ccccc2)cc1)c1sc(-c2ccccc2)nc1O. The molecule has 0 bridgehead atoms. The van der Waals surface area contributed by atoms with E-state index in [1.165, 1.54) is 0 Å². The molecule has 6 heteroatoms. The number of aromatic hydroxyl groups is 1. The van der Waals surface area contributed by atoms with Crippen LogP contribution in [-0.2, 0) is 6.61 Å². The molecule has 4 aromatic rings. The molecule has 1 amide bonds. The monoisotopic (exact) mass is 402 g/mol. The van der Waals surface area contributed by atoms with Crippen molar-refractivity contribution in [3.63, 3.8) is 0 Å². The predicted octanol–water partition coefficient (Wildman–Crippen LogP) is 5.35. The van der Waals surface area contributed by atoms with E-state index in [9.17, 15) is 9.90 Å². The van der Waals surface area contributed by atoms with Gasteiger partial charge in [0.25, 0.3) is 5.91 Å². The number of carbonyl (C=O) groups excluding carboxylic acids is 1. The fourth-order valence-corrected chi connectivity index (χ4v) is 3.59. The maximum absolute atomic E-state index is 12.5. The lowest BCUT2D eigenvalue weighted by Gasteiger charge is -2.08. The Morgan fingerprint density at radius 2 is 1.59 bits per heavy atom. The lowest BCUT2D eigenvalue weighted by Crippen LogP contribution is -2.10. The summed E-state index contributed by atoms with van der Waals surface area (Å²) >= 11 is 1.15. The number of hydrogen-bond acceptors (Lipinski definition) is 5. The maximum atomic E-state index is 12.5. The van der Waals surface area contributed by atoms with Crippen LogP contribution in [0, 0.1) is 0 Å². The van der Waals surface area contributed by atoms with Gasteiger partial charge in [0.15, 0.2) is 4.88 Å². The second-order valence-corrected chi connectivity index (χ2v) is 7.29. The summed E-state index contributed by atoms with van der Waals surface area (Å²) in [5.74, 6) is 0.0353. The molecule has 0 aliphatic carbocycles. The zero-order valence-corrected chi connectivity index (χ0v) is 16.2. The molecule has 1 heterocycles. The zero-order chi connectivity index (χ0) is 20.1. The molecule has 0 saturated carbocycles. The van der Waals surface area contributed by atoms with E-state index in [0.717, 1.165) is 22.5 Å². The second-order valence-electron chi connectivity index (χ2n) is 6.29. The summed E-state index contributed by atoms with van der Waals surface area (Å²) in [6.45, 7) is 0.476. The molecular formula is C23H18N2O3S. The van der Waals surface area contributed by atoms with E-state index in [1.54, 1.807) is 24.3 Å². The minimum absolute atomic E-state index is 0.174. The Kier molecular flexibility index (Phi) is 5.54. The van der Waals surface area contributed by atoms with E-state index in [0.29, 0.717) is 23.1 Å². The molecule has 0 spiro atoms. The number of aromatic nitrogens is 1. The Bertz CT molecular complexity index is 1090. The molecular weight excluding hydrogens is 384 g/mol. The van der Waals surface area contributed by atoms with Gasteiger partial charge in [-0.25, -0.2) is 4.98 Å². The van der Waals surface area contributed by atoms with Crippen molar-refractivity contribution in [2.24, 2.45) is 0 Å². The smallest absolute Gasteiger partial charge is 0.271 e. The van der Waals surface area contributed by atoms with Gasteiger partial charge in [0.2, 0.25) is 5.88 Å². The van der Waals surface area contributed by atoms with Gasteiger partial charge in [-0.05, 0) is 29.8 Å². The van der Waals surface area contributed by atoms with Crippen LogP contribution in [0.3, 0.4) is 0 Å². The molecule has 5 nitrogen and oxygen atoms in total. The van der Waals surface area contributed by atoms with Crippen LogP contribution in [0.15, 0.2) is 84.9 Å². The van der Waals surface area contributed by atoms with Crippen LogP contribution in [0.4, 0.5) is 5.69 Å². The normalized spacial score (nSPS) is 10.5. The van der Waals surface area contributed by atoms with E-state index >= 15 is 0 Å². The number of carbonyl (C=O) groups is 1. The molecule has 2 N–H and O–H groups in total. The third-order valence-corrected chi connectivity index (χ3v) is 5.29. The minimum Gasteiger partial charge on any atom is -0.492 e. The van der Waals surface area contributed by atoms with Crippen molar-refractivity contribution in [2.45, 2.75) is 6.61 Å². The van der Waals surface area contributed by atoms with Gasteiger partial charge in [-0.1, -0.05) is 60.7 Å². The maximum Gasteiger partial charge on any atom is 0.271 e. The quantitative estimate of drug-likeness (QED) is 0.456. The van der Waals surface area contributed by atoms with Crippen LogP contribution in [0.5, 0.6) is 11.6 Å². The zero-order valence-electron chi connectivity index (χ0n) is 15.4. The Balaban J connectivity index is 1.40. The number of amides is 1. The van der Waals surface area contributed by atoms with Gasteiger partial charge in [0.1, 0.15) is 17.4 Å². The highest BCUT2D eigenvalue weighted by Gasteiger charge is 2.18. The van der Waals surface area contributed by atoms with E-state index in [-0.39, 0.29) is 10.8 Å². The first-order chi connectivity index (χ1) is 14.2. The summed E-state index contributed by atoms with van der Waals surface area (Å²) < 4.78 is 5.75. The topological polar surface area (TPSA) is 71.5 Å². The highest BCUT2D eigenvalue weighted by Crippen LogP contribution is 2.32. The van der Waals surface area contributed by atoms with Gasteiger partial charge < -0.3 is 15.2 Å². The number of anilines is 1. The van der Waals surface area contributed by atoms with E-state index in [4.69, 9.17) is 4.74 Å². The molecule has 0 radical (unpaired) electrons. The van der Waals surface area contributed by atoms with Crippen molar-refractivity contribution in [3.05, 3.63) is 95.4 Å². The standard InChI is InChI=1S/C23H18N2O3S/c26-21(20-22(27)25-23(29-20)17-9-5-2-6-10-17)24-18-11-13-19(14-12-18)28-15-16-7-3-1-4-8-16/h1-14,27H,15H2,(H,24,26). The third-order valence-electron chi connectivity index (χ3n) is 4.20. The van der Waals surface area contributed by atoms with Crippen LogP contribution in [0.25, 0.3) is 10.6 Å². The predicted molar refractivity (Wildman–Crippen MR) is 114 cm³/mol. The molecule has 0 fully saturated rings. The van der Waals surface area contributed by atoms with Gasteiger partial charge in [-0.2, -0.15) is 0 Å². The Hall–Kier alpha value is -3.64. The fraction of sp³-hybridized carbons (Fsp3) is 0.0435. The Morgan fingerprint density at radius 1 is 0.931 bits per heavy atom. The molecule has 29 heavy (non-hydrogen) atoms. The van der Waals surface area contributed by atoms with Gasteiger partial charge in [0.05, 0.1) is 0 Å². The number of benzene rings is 3. The number of rotatable bonds is 6. The van der Waals surface area contributed by atoms with Crippen molar-refractivity contribution in [3.8, 4) is 22.2 Å². The fourth-order valence-electron chi connectivity index (χ4n) is 2.73. The molecule has 4 rings (SSSR count). The first-order valence-electron chi connectivity index (χ1n) is 9.02. The largest absolute Gasteiger partial charge is 0.492 e. The Labute approximate surface area is 172 Å². The van der Waals surface area contributed by atoms with Crippen molar-refractivity contribution in [2.75, 3.05) is 5.32 Å². The van der Waals surface area contributed by atoms with Gasteiger partial charge in [0, 0.05) is 11.3 Å². The number of nitrogens with zero attached hydrogens (tertiary/aromatic N) is 1. The summed E-state index contributed by atoms with van der Waals surface area (Å²) in [5, 5.41) is 13.5. The summed E-state index contributed by atoms with van der Waals surface area (Å²) in [4.78, 5) is 16.8. The summed E-state index contributed by atoms with van der Waals surface area (Å²) in [7, 11) is 0. The molecule has 0 atom stereocenters. The van der Waals surface area contributed by atoms with Crippen molar-refractivity contribution in [1.29, 1.82) is 0 Å². The molecule has 0 unspecified atom stereocenters. The lowest BCUT2D eigenvalue weighted by atomic mass is 10.2. The Morgan fingerprint density at radius 3 is 2.28 bits per heavy atom. The second kappa shape index (κ2) is 8.58. The third kappa shape index (κ3) is 4.62. The van der Waals surface area contributed by atoms with Crippen LogP contribution < -0.4 is 10.1 Å². The van der Waals surface area contributed by atoms with Crippen molar-refractivity contribution < 1.29 is 14.6 Å². The highest BCUT2D eigenvalue weighted by atomic mass is 32.1. The number of nitrogens with one attached hydrogen (secondary N) is 1. The molecule has 0 saturated heterocycles. The van der Waals surface area contributed by atoms with Gasteiger partial charge in [-0.15, -0.1) is 11.3 Å². The highest BCUT2D eigenvalue weighted by molar-refractivity contribution is 7.17. The minimum atomic E-state index is -0.403. The summed E-state index contributed by atoms with van der Waals surface area (Å²) in [6.07, 6.45) is 0. The first-order valence-corrected chi connectivity index (χ1v) is 9.84. The van der Waals surface area contributed by atoms with E-state index in [1.807, 2.05) is 60.7 Å². The van der Waals surface area contributed by atoms with Crippen molar-refractivity contribution in [1.82, 2.24) is 4.98 Å². The molecule has 3 aromatic carbocycles. The van der Waals surface area contributed by atoms with Crippen molar-refractivity contribution >= 4 is 22.9 Å². The molecule has 0 aliphatic heterocycles. The van der Waals surface area contributed by atoms with Crippen LogP contribution >= 0.6 is 11.3 Å².